The lowest BCUT2D eigenvalue weighted by atomic mass is 10.1. The van der Waals surface area contributed by atoms with Crippen LogP contribution in [0.4, 0.5) is 0 Å². The zero-order valence-electron chi connectivity index (χ0n) is 11.2. The summed E-state index contributed by atoms with van der Waals surface area (Å²) in [5.41, 5.74) is 6.78. The molecule has 100 valence electrons. The van der Waals surface area contributed by atoms with Crippen LogP contribution in [0.2, 0.25) is 0 Å². The fraction of sp³-hybridized carbons (Fsp3) is 0.267. The van der Waals surface area contributed by atoms with Crippen molar-refractivity contribution in [2.45, 2.75) is 19.9 Å². The molecule has 0 aliphatic rings. The van der Waals surface area contributed by atoms with Gasteiger partial charge in [0.15, 0.2) is 0 Å². The van der Waals surface area contributed by atoms with E-state index in [1.54, 1.807) is 6.20 Å². The Morgan fingerprint density at radius 2 is 1.84 bits per heavy atom. The molecule has 0 amide bonds. The molecule has 0 saturated carbocycles. The largest absolute Gasteiger partial charge is 0.494 e. The molecule has 2 N–H and O–H groups in total. The third-order valence-corrected chi connectivity index (χ3v) is 2.64. The van der Waals surface area contributed by atoms with Crippen LogP contribution in [0.5, 0.6) is 17.4 Å². The van der Waals surface area contributed by atoms with Gasteiger partial charge in [0.05, 0.1) is 6.61 Å². The van der Waals surface area contributed by atoms with Gasteiger partial charge in [-0.1, -0.05) is 6.07 Å². The van der Waals surface area contributed by atoms with Crippen LogP contribution in [0.15, 0.2) is 42.6 Å². The number of ether oxygens (including phenoxy) is 2. The van der Waals surface area contributed by atoms with Gasteiger partial charge in [0.2, 0.25) is 5.88 Å². The Balaban J connectivity index is 2.17. The zero-order chi connectivity index (χ0) is 13.7. The first kappa shape index (κ1) is 13.4. The lowest BCUT2D eigenvalue weighted by molar-refractivity contribution is 0.339. The van der Waals surface area contributed by atoms with E-state index in [9.17, 15) is 0 Å². The predicted molar refractivity (Wildman–Crippen MR) is 74.5 cm³/mol. The Morgan fingerprint density at radius 1 is 1.16 bits per heavy atom. The molecule has 0 unspecified atom stereocenters. The molecule has 0 aliphatic carbocycles. The Morgan fingerprint density at radius 3 is 2.47 bits per heavy atom. The molecule has 1 aromatic carbocycles. The smallest absolute Gasteiger partial charge is 0.223 e. The highest BCUT2D eigenvalue weighted by Crippen LogP contribution is 2.27. The number of nitrogens with zero attached hydrogens (tertiary/aromatic N) is 1. The number of pyridine rings is 1. The number of nitrogens with two attached hydrogens (primary N) is 1. The average molecular weight is 258 g/mol. The van der Waals surface area contributed by atoms with Gasteiger partial charge in [-0.05, 0) is 44.2 Å². The average Bonchev–Trinajstić information content (AvgIpc) is 2.42. The van der Waals surface area contributed by atoms with Crippen LogP contribution in [0.25, 0.3) is 0 Å². The zero-order valence-corrected chi connectivity index (χ0v) is 11.2. The summed E-state index contributed by atoms with van der Waals surface area (Å²) in [6.07, 6.45) is 1.69. The molecule has 0 bridgehead atoms. The fourth-order valence-electron chi connectivity index (χ4n) is 1.72. The van der Waals surface area contributed by atoms with E-state index in [0.717, 1.165) is 11.3 Å². The van der Waals surface area contributed by atoms with Crippen molar-refractivity contribution in [2.75, 3.05) is 6.61 Å². The maximum absolute atomic E-state index is 5.89. The van der Waals surface area contributed by atoms with Crippen LogP contribution < -0.4 is 15.2 Å². The summed E-state index contributed by atoms with van der Waals surface area (Å²) < 4.78 is 11.1. The Hall–Kier alpha value is -2.07. The quantitative estimate of drug-likeness (QED) is 0.894. The first-order chi connectivity index (χ1) is 9.20. The van der Waals surface area contributed by atoms with Crippen LogP contribution in [-0.2, 0) is 0 Å². The fourth-order valence-corrected chi connectivity index (χ4v) is 1.72. The Kier molecular flexibility index (Phi) is 4.36. The Bertz CT molecular complexity index is 524. The minimum Gasteiger partial charge on any atom is -0.494 e. The van der Waals surface area contributed by atoms with Crippen molar-refractivity contribution in [1.29, 1.82) is 0 Å². The third kappa shape index (κ3) is 3.45. The molecule has 19 heavy (non-hydrogen) atoms. The number of hydrogen-bond donors (Lipinski definition) is 1. The molecule has 0 aliphatic heterocycles. The number of benzene rings is 1. The molecule has 1 aromatic heterocycles. The second-order valence-corrected chi connectivity index (χ2v) is 4.19. The first-order valence-corrected chi connectivity index (χ1v) is 6.32. The molecule has 0 fully saturated rings. The minimum atomic E-state index is -0.119. The molecular weight excluding hydrogens is 240 g/mol. The third-order valence-electron chi connectivity index (χ3n) is 2.64. The highest BCUT2D eigenvalue weighted by atomic mass is 16.5. The number of hydrogen-bond acceptors (Lipinski definition) is 4. The molecule has 0 radical (unpaired) electrons. The monoisotopic (exact) mass is 258 g/mol. The summed E-state index contributed by atoms with van der Waals surface area (Å²) in [5, 5.41) is 0. The van der Waals surface area contributed by atoms with Gasteiger partial charge in [-0.3, -0.25) is 0 Å². The van der Waals surface area contributed by atoms with Crippen molar-refractivity contribution in [3.05, 3.63) is 48.2 Å². The van der Waals surface area contributed by atoms with Crippen LogP contribution in [0.3, 0.4) is 0 Å². The van der Waals surface area contributed by atoms with Crippen molar-refractivity contribution in [2.24, 2.45) is 5.73 Å². The van der Waals surface area contributed by atoms with Crippen LogP contribution >= 0.6 is 0 Å². The van der Waals surface area contributed by atoms with Crippen molar-refractivity contribution < 1.29 is 9.47 Å². The molecule has 1 atom stereocenters. The lowest BCUT2D eigenvalue weighted by Gasteiger charge is -2.12. The highest BCUT2D eigenvalue weighted by Gasteiger charge is 2.09. The summed E-state index contributed by atoms with van der Waals surface area (Å²) in [4.78, 5) is 4.22. The van der Waals surface area contributed by atoms with Gasteiger partial charge >= 0.3 is 0 Å². The summed E-state index contributed by atoms with van der Waals surface area (Å²) in [6, 6.07) is 11.1. The van der Waals surface area contributed by atoms with Gasteiger partial charge < -0.3 is 15.2 Å². The van der Waals surface area contributed by atoms with Crippen LogP contribution in [0.1, 0.15) is 25.5 Å². The molecule has 0 spiro atoms. The van der Waals surface area contributed by atoms with Crippen molar-refractivity contribution in [3.63, 3.8) is 0 Å². The second kappa shape index (κ2) is 6.20. The van der Waals surface area contributed by atoms with Gasteiger partial charge in [-0.15, -0.1) is 0 Å². The van der Waals surface area contributed by atoms with E-state index in [0.29, 0.717) is 18.2 Å². The topological polar surface area (TPSA) is 57.4 Å². The van der Waals surface area contributed by atoms with E-state index >= 15 is 0 Å². The molecule has 2 aromatic rings. The van der Waals surface area contributed by atoms with Crippen molar-refractivity contribution in [1.82, 2.24) is 4.98 Å². The second-order valence-electron chi connectivity index (χ2n) is 4.19. The summed E-state index contributed by atoms with van der Waals surface area (Å²) in [7, 11) is 0. The van der Waals surface area contributed by atoms with Gasteiger partial charge in [-0.25, -0.2) is 4.98 Å². The van der Waals surface area contributed by atoms with E-state index in [2.05, 4.69) is 4.98 Å². The summed E-state index contributed by atoms with van der Waals surface area (Å²) in [5.74, 6) is 2.08. The van der Waals surface area contributed by atoms with E-state index < -0.39 is 0 Å². The number of aromatic nitrogens is 1. The van der Waals surface area contributed by atoms with Gasteiger partial charge in [-0.2, -0.15) is 0 Å². The van der Waals surface area contributed by atoms with Gasteiger partial charge in [0.1, 0.15) is 11.5 Å². The maximum Gasteiger partial charge on any atom is 0.223 e. The van der Waals surface area contributed by atoms with E-state index in [1.165, 1.54) is 0 Å². The van der Waals surface area contributed by atoms with E-state index in [1.807, 2.05) is 50.2 Å². The van der Waals surface area contributed by atoms with Gasteiger partial charge in [0.25, 0.3) is 0 Å². The van der Waals surface area contributed by atoms with Crippen LogP contribution in [0, 0.1) is 0 Å². The molecule has 1 heterocycles. The van der Waals surface area contributed by atoms with Crippen molar-refractivity contribution in [3.8, 4) is 17.4 Å². The van der Waals surface area contributed by atoms with Crippen LogP contribution in [-0.4, -0.2) is 11.6 Å². The lowest BCUT2D eigenvalue weighted by Crippen LogP contribution is -2.07. The normalized spacial score (nSPS) is 11.9. The van der Waals surface area contributed by atoms with Crippen molar-refractivity contribution >= 4 is 0 Å². The molecule has 4 heteroatoms. The van der Waals surface area contributed by atoms with E-state index in [4.69, 9.17) is 15.2 Å². The Labute approximate surface area is 113 Å². The molecule has 4 nitrogen and oxygen atoms in total. The van der Waals surface area contributed by atoms with Gasteiger partial charge in [0, 0.05) is 17.8 Å². The molecule has 0 saturated heterocycles. The maximum atomic E-state index is 5.89. The number of rotatable bonds is 5. The SMILES string of the molecule is CCOc1ccc(Oc2ncccc2[C@@H](C)N)cc1. The molecular formula is C15H18N2O2. The summed E-state index contributed by atoms with van der Waals surface area (Å²) in [6.45, 7) is 4.50. The predicted octanol–water partition coefficient (Wildman–Crippen LogP) is 3.29. The minimum absolute atomic E-state index is 0.119. The molecule has 2 rings (SSSR count). The highest BCUT2D eigenvalue weighted by molar-refractivity contribution is 5.36. The standard InChI is InChI=1S/C15H18N2O2/c1-3-18-12-6-8-13(9-7-12)19-15-14(11(2)16)5-4-10-17-15/h4-11H,3,16H2,1-2H3/t11-/m1/s1. The first-order valence-electron chi connectivity index (χ1n) is 6.32. The van der Waals surface area contributed by atoms with E-state index in [-0.39, 0.29) is 6.04 Å². The summed E-state index contributed by atoms with van der Waals surface area (Å²) >= 11 is 0.